The van der Waals surface area contributed by atoms with Crippen molar-refractivity contribution in [2.75, 3.05) is 0 Å². The second-order valence-electron chi connectivity index (χ2n) is 8.50. The summed E-state index contributed by atoms with van der Waals surface area (Å²) in [4.78, 5) is 22.5. The number of hydrogen-bond donors (Lipinski definition) is 0. The van der Waals surface area contributed by atoms with E-state index in [0.717, 1.165) is 22.5 Å². The molecule has 0 spiro atoms. The van der Waals surface area contributed by atoms with Crippen molar-refractivity contribution in [1.29, 1.82) is 0 Å². The van der Waals surface area contributed by atoms with Crippen molar-refractivity contribution in [3.63, 3.8) is 0 Å². The van der Waals surface area contributed by atoms with Gasteiger partial charge in [0.1, 0.15) is 11.2 Å². The van der Waals surface area contributed by atoms with Gasteiger partial charge in [0.15, 0.2) is 17.0 Å². The Morgan fingerprint density at radius 1 is 1.00 bits per heavy atom. The number of esters is 1. The highest BCUT2D eigenvalue weighted by atomic mass is 35.5. The average Bonchev–Trinajstić information content (AvgIpc) is 3.31. The molecule has 6 nitrogen and oxygen atoms in total. The van der Waals surface area contributed by atoms with E-state index in [9.17, 15) is 4.79 Å². The second-order valence-corrected chi connectivity index (χ2v) is 8.94. The van der Waals surface area contributed by atoms with Gasteiger partial charge in [0.2, 0.25) is 0 Å². The molecule has 3 heterocycles. The van der Waals surface area contributed by atoms with E-state index in [2.05, 4.69) is 18.2 Å². The Morgan fingerprint density at radius 2 is 1.78 bits per heavy atom. The number of halogens is 1. The van der Waals surface area contributed by atoms with Gasteiger partial charge in [0, 0.05) is 16.6 Å². The van der Waals surface area contributed by atoms with E-state index < -0.39 is 0 Å². The number of carbonyl (C=O) groups excluding carboxylic acids is 1. The lowest BCUT2D eigenvalue weighted by molar-refractivity contribution is -0.137. The molecule has 0 saturated carbocycles. The summed E-state index contributed by atoms with van der Waals surface area (Å²) in [6.45, 7) is 7.84. The molecular weight excluding hydrogens is 424 g/mol. The number of ether oxygens (including phenoxy) is 1. The van der Waals surface area contributed by atoms with Crippen LogP contribution in [0.15, 0.2) is 54.7 Å². The van der Waals surface area contributed by atoms with Crippen molar-refractivity contribution < 1.29 is 9.53 Å². The summed E-state index contributed by atoms with van der Waals surface area (Å²) in [5.41, 5.74) is 4.05. The van der Waals surface area contributed by atoms with E-state index in [0.29, 0.717) is 27.5 Å². The fourth-order valence-electron chi connectivity index (χ4n) is 3.89. The Balaban J connectivity index is 1.93. The summed E-state index contributed by atoms with van der Waals surface area (Å²) in [6.07, 6.45) is 1.80. The minimum atomic E-state index is -0.308. The van der Waals surface area contributed by atoms with Crippen LogP contribution in [0.4, 0.5) is 0 Å². The predicted molar refractivity (Wildman–Crippen MR) is 127 cm³/mol. The van der Waals surface area contributed by atoms with Crippen LogP contribution in [-0.4, -0.2) is 24.9 Å². The third-order valence-corrected chi connectivity index (χ3v) is 5.70. The molecule has 0 aliphatic carbocycles. The van der Waals surface area contributed by atoms with Gasteiger partial charge in [-0.2, -0.15) is 0 Å². The lowest BCUT2D eigenvalue weighted by Gasteiger charge is -2.12. The molecule has 0 bridgehead atoms. The van der Waals surface area contributed by atoms with Gasteiger partial charge in [-0.25, -0.2) is 9.97 Å². The number of aromatic nitrogens is 4. The zero-order chi connectivity index (χ0) is 22.6. The minimum Gasteiger partial charge on any atom is -0.424 e. The zero-order valence-corrected chi connectivity index (χ0v) is 19.1. The van der Waals surface area contributed by atoms with E-state index in [1.165, 1.54) is 0 Å². The largest absolute Gasteiger partial charge is 0.424 e. The van der Waals surface area contributed by atoms with E-state index in [1.54, 1.807) is 6.20 Å². The molecule has 0 N–H and O–H groups in total. The van der Waals surface area contributed by atoms with E-state index in [-0.39, 0.29) is 17.8 Å². The molecule has 2 aromatic carbocycles. The van der Waals surface area contributed by atoms with Gasteiger partial charge in [-0.15, -0.1) is 0 Å². The highest BCUT2D eigenvalue weighted by Gasteiger charge is 2.24. The fourth-order valence-corrected chi connectivity index (χ4v) is 4.08. The van der Waals surface area contributed by atoms with Crippen LogP contribution in [0.5, 0.6) is 5.75 Å². The number of benzene rings is 2. The Hall–Kier alpha value is -3.38. The second kappa shape index (κ2) is 7.64. The van der Waals surface area contributed by atoms with Crippen molar-refractivity contribution in [1.82, 2.24) is 18.9 Å². The first-order chi connectivity index (χ1) is 15.3. The quantitative estimate of drug-likeness (QED) is 0.310. The van der Waals surface area contributed by atoms with Crippen LogP contribution in [-0.2, 0) is 4.79 Å². The first kappa shape index (κ1) is 20.5. The molecule has 0 amide bonds. The first-order valence-electron chi connectivity index (χ1n) is 10.6. The van der Waals surface area contributed by atoms with Crippen molar-refractivity contribution in [2.45, 2.75) is 33.6 Å². The topological polar surface area (TPSA) is 61.4 Å². The fraction of sp³-hybridized carbons (Fsp3) is 0.240. The molecule has 0 fully saturated rings. The molecule has 5 rings (SSSR count). The normalized spacial score (nSPS) is 12.0. The van der Waals surface area contributed by atoms with Crippen molar-refractivity contribution in [3.8, 4) is 11.4 Å². The monoisotopic (exact) mass is 446 g/mol. The molecule has 0 aliphatic rings. The van der Waals surface area contributed by atoms with Crippen LogP contribution >= 0.6 is 11.6 Å². The van der Waals surface area contributed by atoms with Crippen LogP contribution in [0, 0.1) is 5.92 Å². The van der Waals surface area contributed by atoms with E-state index in [1.807, 2.05) is 66.9 Å². The van der Waals surface area contributed by atoms with E-state index in [4.69, 9.17) is 26.3 Å². The lowest BCUT2D eigenvalue weighted by atomic mass is 10.2. The third-order valence-electron chi connectivity index (χ3n) is 5.46. The Bertz CT molecular complexity index is 1500. The van der Waals surface area contributed by atoms with Crippen molar-refractivity contribution in [2.24, 2.45) is 5.92 Å². The van der Waals surface area contributed by atoms with Crippen molar-refractivity contribution in [3.05, 3.63) is 65.6 Å². The molecule has 162 valence electrons. The van der Waals surface area contributed by atoms with Crippen LogP contribution in [0.3, 0.4) is 0 Å². The average molecular weight is 447 g/mol. The Labute approximate surface area is 190 Å². The Morgan fingerprint density at radius 3 is 2.50 bits per heavy atom. The van der Waals surface area contributed by atoms with Gasteiger partial charge in [0.25, 0.3) is 0 Å². The van der Waals surface area contributed by atoms with Crippen LogP contribution in [0.1, 0.15) is 39.4 Å². The summed E-state index contributed by atoms with van der Waals surface area (Å²) in [5.74, 6) is 0.879. The van der Waals surface area contributed by atoms with Gasteiger partial charge in [0.05, 0.1) is 23.1 Å². The molecule has 0 saturated heterocycles. The predicted octanol–water partition coefficient (Wildman–Crippen LogP) is 6.16. The van der Waals surface area contributed by atoms with Gasteiger partial charge in [-0.3, -0.25) is 13.8 Å². The number of rotatable bonds is 4. The zero-order valence-electron chi connectivity index (χ0n) is 18.3. The molecule has 32 heavy (non-hydrogen) atoms. The SMILES string of the molecule is CC(C)C(=O)Oc1cn(-c2cccc(Cl)c2)c2nc(C(C)C)n3c4ccccc4nc3c12. The number of imidazole rings is 1. The first-order valence-corrected chi connectivity index (χ1v) is 11.0. The van der Waals surface area contributed by atoms with E-state index >= 15 is 0 Å². The molecular formula is C25H23ClN4O2. The summed E-state index contributed by atoms with van der Waals surface area (Å²) >= 11 is 6.27. The maximum atomic E-state index is 12.5. The summed E-state index contributed by atoms with van der Waals surface area (Å²) in [6, 6.07) is 15.5. The molecule has 7 heteroatoms. The third kappa shape index (κ3) is 3.22. The number of para-hydroxylation sites is 2. The van der Waals surface area contributed by atoms with Gasteiger partial charge < -0.3 is 4.74 Å². The minimum absolute atomic E-state index is 0.142. The standard InChI is InChI=1S/C25H23ClN4O2/c1-14(2)22-28-23-21(24-27-18-10-5-6-11-19(18)30(22)24)20(32-25(31)15(3)4)13-29(23)17-9-7-8-16(26)12-17/h5-15H,1-4H3. The maximum Gasteiger partial charge on any atom is 0.313 e. The smallest absolute Gasteiger partial charge is 0.313 e. The lowest BCUT2D eigenvalue weighted by Crippen LogP contribution is -2.14. The van der Waals surface area contributed by atoms with Crippen molar-refractivity contribution >= 4 is 45.3 Å². The molecule has 0 radical (unpaired) electrons. The number of carbonyl (C=O) groups is 1. The molecule has 0 aliphatic heterocycles. The van der Waals surface area contributed by atoms with Gasteiger partial charge in [-0.05, 0) is 30.3 Å². The summed E-state index contributed by atoms with van der Waals surface area (Å²) in [5, 5.41) is 1.31. The van der Waals surface area contributed by atoms with Crippen LogP contribution in [0.2, 0.25) is 5.02 Å². The maximum absolute atomic E-state index is 12.5. The molecule has 5 aromatic rings. The Kier molecular flexibility index (Phi) is 4.90. The van der Waals surface area contributed by atoms with Crippen LogP contribution in [0.25, 0.3) is 33.4 Å². The number of fused-ring (bicyclic) bond motifs is 5. The van der Waals surface area contributed by atoms with Crippen LogP contribution < -0.4 is 4.74 Å². The highest BCUT2D eigenvalue weighted by molar-refractivity contribution is 6.30. The van der Waals surface area contributed by atoms with Gasteiger partial charge >= 0.3 is 5.97 Å². The highest BCUT2D eigenvalue weighted by Crippen LogP contribution is 2.36. The summed E-state index contributed by atoms with van der Waals surface area (Å²) in [7, 11) is 0. The molecule has 3 aromatic heterocycles. The summed E-state index contributed by atoms with van der Waals surface area (Å²) < 4.78 is 9.82. The number of hydrogen-bond acceptors (Lipinski definition) is 4. The number of nitrogens with zero attached hydrogens (tertiary/aromatic N) is 4. The van der Waals surface area contributed by atoms with Gasteiger partial charge in [-0.1, -0.05) is 57.5 Å². The molecule has 0 atom stereocenters. The molecule has 0 unspecified atom stereocenters.